The van der Waals surface area contributed by atoms with E-state index in [1.54, 1.807) is 12.3 Å². The van der Waals surface area contributed by atoms with Gasteiger partial charge >= 0.3 is 0 Å². The van der Waals surface area contributed by atoms with E-state index in [9.17, 15) is 4.39 Å². The number of piperazine rings is 1. The van der Waals surface area contributed by atoms with E-state index in [-0.39, 0.29) is 0 Å². The number of anilines is 1. The molecule has 2 unspecified atom stereocenters. The summed E-state index contributed by atoms with van der Waals surface area (Å²) >= 11 is 0. The van der Waals surface area contributed by atoms with Gasteiger partial charge in [-0.3, -0.25) is 4.90 Å². The van der Waals surface area contributed by atoms with Crippen LogP contribution in [0.3, 0.4) is 0 Å². The van der Waals surface area contributed by atoms with Crippen molar-refractivity contribution in [3.8, 4) is 0 Å². The molecular formula is C17H18FN3. The molecular weight excluding hydrogens is 265 g/mol. The second-order valence-electron chi connectivity index (χ2n) is 5.95. The predicted molar refractivity (Wildman–Crippen MR) is 80.6 cm³/mol. The summed E-state index contributed by atoms with van der Waals surface area (Å²) in [5.74, 6) is -0.392. The Morgan fingerprint density at radius 1 is 1.10 bits per heavy atom. The zero-order chi connectivity index (χ0) is 14.2. The Morgan fingerprint density at radius 2 is 1.95 bits per heavy atom. The molecule has 4 rings (SSSR count). The van der Waals surface area contributed by atoms with Crippen LogP contribution in [0.1, 0.15) is 12.0 Å². The average molecular weight is 283 g/mol. The molecule has 3 nitrogen and oxygen atoms in total. The molecule has 0 aliphatic carbocycles. The molecule has 0 saturated carbocycles. The molecule has 2 aliphatic heterocycles. The first kappa shape index (κ1) is 12.8. The quantitative estimate of drug-likeness (QED) is 0.807. The summed E-state index contributed by atoms with van der Waals surface area (Å²) in [5, 5.41) is 0. The molecule has 0 spiro atoms. The molecule has 2 aliphatic rings. The number of pyridine rings is 1. The number of hydrogen-bond donors (Lipinski definition) is 0. The fraction of sp³-hybridized carbons (Fsp3) is 0.353. The zero-order valence-corrected chi connectivity index (χ0v) is 11.8. The molecule has 0 N–H and O–H groups in total. The Balaban J connectivity index is 1.46. The SMILES string of the molecule is Fc1cc(N2CC3CC2CN3Cc2ccccc2)ccn1. The Bertz CT molecular complexity index is 631. The lowest BCUT2D eigenvalue weighted by molar-refractivity contribution is 0.230. The van der Waals surface area contributed by atoms with Gasteiger partial charge in [-0.1, -0.05) is 30.3 Å². The molecule has 2 fully saturated rings. The van der Waals surface area contributed by atoms with E-state index in [1.165, 1.54) is 12.0 Å². The molecule has 0 amide bonds. The Hall–Kier alpha value is -1.94. The van der Waals surface area contributed by atoms with Crippen molar-refractivity contribution in [2.24, 2.45) is 0 Å². The third-order valence-corrected chi connectivity index (χ3v) is 4.62. The van der Waals surface area contributed by atoms with Crippen molar-refractivity contribution in [3.63, 3.8) is 0 Å². The summed E-state index contributed by atoms with van der Waals surface area (Å²) in [4.78, 5) is 8.52. The summed E-state index contributed by atoms with van der Waals surface area (Å²) in [5.41, 5.74) is 2.33. The molecule has 4 heteroatoms. The lowest BCUT2D eigenvalue weighted by atomic mass is 10.2. The molecule has 3 heterocycles. The molecule has 21 heavy (non-hydrogen) atoms. The standard InChI is InChI=1S/C17H18FN3/c18-17-9-14(6-7-19-17)21-12-15-8-16(21)11-20(15)10-13-4-2-1-3-5-13/h1-7,9,15-16H,8,10-12H2. The second kappa shape index (κ2) is 5.11. The van der Waals surface area contributed by atoms with E-state index in [1.807, 2.05) is 6.07 Å². The summed E-state index contributed by atoms with van der Waals surface area (Å²) in [6, 6.07) is 15.1. The fourth-order valence-corrected chi connectivity index (χ4v) is 3.65. The molecule has 1 aromatic carbocycles. The van der Waals surface area contributed by atoms with Gasteiger partial charge in [0.15, 0.2) is 0 Å². The van der Waals surface area contributed by atoms with Crippen molar-refractivity contribution in [1.29, 1.82) is 0 Å². The van der Waals surface area contributed by atoms with Crippen LogP contribution in [0.4, 0.5) is 10.1 Å². The van der Waals surface area contributed by atoms with E-state index in [4.69, 9.17) is 0 Å². The molecule has 108 valence electrons. The van der Waals surface area contributed by atoms with Gasteiger partial charge in [0, 0.05) is 49.7 Å². The van der Waals surface area contributed by atoms with Crippen molar-refractivity contribution in [3.05, 3.63) is 60.2 Å². The van der Waals surface area contributed by atoms with Gasteiger partial charge in [-0.15, -0.1) is 0 Å². The number of fused-ring (bicyclic) bond motifs is 2. The third kappa shape index (κ3) is 2.40. The van der Waals surface area contributed by atoms with E-state index in [0.29, 0.717) is 12.1 Å². The van der Waals surface area contributed by atoms with E-state index >= 15 is 0 Å². The number of benzene rings is 1. The first-order valence-corrected chi connectivity index (χ1v) is 7.46. The van der Waals surface area contributed by atoms with Crippen molar-refractivity contribution in [2.45, 2.75) is 25.0 Å². The lowest BCUT2D eigenvalue weighted by Crippen LogP contribution is -2.46. The smallest absolute Gasteiger partial charge is 0.214 e. The van der Waals surface area contributed by atoms with E-state index in [2.05, 4.69) is 45.1 Å². The van der Waals surface area contributed by atoms with Gasteiger partial charge in [-0.2, -0.15) is 4.39 Å². The van der Waals surface area contributed by atoms with Gasteiger partial charge in [-0.05, 0) is 18.1 Å². The van der Waals surface area contributed by atoms with Crippen LogP contribution in [-0.2, 0) is 6.54 Å². The van der Waals surface area contributed by atoms with Crippen LogP contribution in [-0.4, -0.2) is 35.1 Å². The molecule has 2 aromatic rings. The van der Waals surface area contributed by atoms with Crippen LogP contribution < -0.4 is 4.90 Å². The van der Waals surface area contributed by atoms with Crippen molar-refractivity contribution in [1.82, 2.24) is 9.88 Å². The first-order valence-electron chi connectivity index (χ1n) is 7.46. The lowest BCUT2D eigenvalue weighted by Gasteiger charge is -2.35. The van der Waals surface area contributed by atoms with Crippen LogP contribution >= 0.6 is 0 Å². The van der Waals surface area contributed by atoms with Gasteiger partial charge in [0.1, 0.15) is 0 Å². The zero-order valence-electron chi connectivity index (χ0n) is 11.8. The monoisotopic (exact) mass is 283 g/mol. The van der Waals surface area contributed by atoms with Crippen LogP contribution in [0.5, 0.6) is 0 Å². The Morgan fingerprint density at radius 3 is 2.67 bits per heavy atom. The fourth-order valence-electron chi connectivity index (χ4n) is 3.65. The van der Waals surface area contributed by atoms with Gasteiger partial charge in [0.2, 0.25) is 5.95 Å². The summed E-state index contributed by atoms with van der Waals surface area (Å²) in [7, 11) is 0. The highest BCUT2D eigenvalue weighted by Gasteiger charge is 2.43. The predicted octanol–water partition coefficient (Wildman–Crippen LogP) is 2.68. The molecule has 2 bridgehead atoms. The number of nitrogens with zero attached hydrogens (tertiary/aromatic N) is 3. The second-order valence-corrected chi connectivity index (χ2v) is 5.95. The molecule has 1 aromatic heterocycles. The van der Waals surface area contributed by atoms with Gasteiger partial charge in [-0.25, -0.2) is 4.98 Å². The van der Waals surface area contributed by atoms with Crippen molar-refractivity contribution < 1.29 is 4.39 Å². The van der Waals surface area contributed by atoms with E-state index in [0.717, 1.165) is 25.3 Å². The van der Waals surface area contributed by atoms with E-state index < -0.39 is 5.95 Å². The Labute approximate surface area is 124 Å². The maximum absolute atomic E-state index is 13.3. The topological polar surface area (TPSA) is 19.4 Å². The van der Waals surface area contributed by atoms with Crippen molar-refractivity contribution in [2.75, 3.05) is 18.0 Å². The number of rotatable bonds is 3. The van der Waals surface area contributed by atoms with Gasteiger partial charge < -0.3 is 4.90 Å². The van der Waals surface area contributed by atoms with Crippen LogP contribution in [0.25, 0.3) is 0 Å². The maximum Gasteiger partial charge on any atom is 0.214 e. The average Bonchev–Trinajstić information content (AvgIpc) is 3.08. The number of halogens is 1. The highest BCUT2D eigenvalue weighted by Crippen LogP contribution is 2.35. The van der Waals surface area contributed by atoms with Gasteiger partial charge in [0.25, 0.3) is 0 Å². The number of aromatic nitrogens is 1. The Kier molecular flexibility index (Phi) is 3.11. The maximum atomic E-state index is 13.3. The molecule has 2 saturated heterocycles. The minimum atomic E-state index is -0.392. The molecule has 0 radical (unpaired) electrons. The largest absolute Gasteiger partial charge is 0.365 e. The van der Waals surface area contributed by atoms with Crippen molar-refractivity contribution >= 4 is 5.69 Å². The van der Waals surface area contributed by atoms with Gasteiger partial charge in [0.05, 0.1) is 0 Å². The minimum Gasteiger partial charge on any atom is -0.365 e. The van der Waals surface area contributed by atoms with Crippen LogP contribution in [0.15, 0.2) is 48.7 Å². The summed E-state index contributed by atoms with van der Waals surface area (Å²) < 4.78 is 13.3. The van der Waals surface area contributed by atoms with Crippen LogP contribution in [0, 0.1) is 5.95 Å². The number of likely N-dealkylation sites (tertiary alicyclic amines) is 1. The first-order chi connectivity index (χ1) is 10.3. The number of hydrogen-bond acceptors (Lipinski definition) is 3. The highest BCUT2D eigenvalue weighted by molar-refractivity contribution is 5.49. The summed E-state index contributed by atoms with van der Waals surface area (Å²) in [6.45, 7) is 3.06. The van der Waals surface area contributed by atoms with Crippen LogP contribution in [0.2, 0.25) is 0 Å². The normalized spacial score (nSPS) is 24.7. The molecule has 2 atom stereocenters. The third-order valence-electron chi connectivity index (χ3n) is 4.62. The highest BCUT2D eigenvalue weighted by atomic mass is 19.1. The summed E-state index contributed by atoms with van der Waals surface area (Å²) in [6.07, 6.45) is 2.73. The minimum absolute atomic E-state index is 0.392.